The van der Waals surface area contributed by atoms with Crippen LogP contribution in [0.3, 0.4) is 0 Å². The van der Waals surface area contributed by atoms with Crippen LogP contribution in [0.5, 0.6) is 0 Å². The summed E-state index contributed by atoms with van der Waals surface area (Å²) in [5, 5.41) is 23.2. The number of carbonyl (C=O) groups excluding carboxylic acids is 2. The third kappa shape index (κ3) is 51.8. The van der Waals surface area contributed by atoms with Crippen LogP contribution in [0.25, 0.3) is 0 Å². The van der Waals surface area contributed by atoms with Crippen LogP contribution in [0.1, 0.15) is 328 Å². The van der Waals surface area contributed by atoms with E-state index in [1.54, 1.807) is 0 Å². The van der Waals surface area contributed by atoms with Gasteiger partial charge in [0.1, 0.15) is 0 Å². The standard InChI is InChI=1S/C59H115NO5/c1-3-5-7-9-11-13-15-17-18-19-23-26-29-33-37-41-45-49-53-59(64)65-54-50-46-42-38-34-30-27-24-21-20-22-25-28-32-36-40-44-48-52-58(63)60-56(55-61)57(62)51-47-43-39-35-31-16-14-12-10-8-6-4-2/h22,25,56-57,61-62H,3-21,23-24,26-55H2,1-2H3,(H,60,63)/b25-22-. The maximum Gasteiger partial charge on any atom is 0.305 e. The average molecular weight is 919 g/mol. The molecule has 2 unspecified atom stereocenters. The number of allylic oxidation sites excluding steroid dienone is 2. The van der Waals surface area contributed by atoms with Gasteiger partial charge in [0, 0.05) is 12.8 Å². The molecule has 6 heteroatoms. The van der Waals surface area contributed by atoms with Crippen LogP contribution < -0.4 is 5.32 Å². The fraction of sp³-hybridized carbons (Fsp3) is 0.932. The number of hydrogen-bond donors (Lipinski definition) is 3. The van der Waals surface area contributed by atoms with E-state index in [0.29, 0.717) is 25.9 Å². The zero-order valence-corrected chi connectivity index (χ0v) is 44.0. The average Bonchev–Trinajstić information content (AvgIpc) is 3.31. The summed E-state index contributed by atoms with van der Waals surface area (Å²) < 4.78 is 5.49. The lowest BCUT2D eigenvalue weighted by Crippen LogP contribution is -2.45. The van der Waals surface area contributed by atoms with Gasteiger partial charge in [-0.15, -0.1) is 0 Å². The molecule has 0 aromatic rings. The highest BCUT2D eigenvalue weighted by atomic mass is 16.5. The van der Waals surface area contributed by atoms with E-state index >= 15 is 0 Å². The van der Waals surface area contributed by atoms with Crippen LogP contribution in [-0.4, -0.2) is 47.4 Å². The van der Waals surface area contributed by atoms with Crippen molar-refractivity contribution in [3.8, 4) is 0 Å². The van der Waals surface area contributed by atoms with Crippen molar-refractivity contribution in [3.05, 3.63) is 12.2 Å². The third-order valence-electron chi connectivity index (χ3n) is 13.8. The molecule has 0 radical (unpaired) electrons. The quantitative estimate of drug-likeness (QED) is 0.0321. The van der Waals surface area contributed by atoms with Gasteiger partial charge in [0.15, 0.2) is 0 Å². The Morgan fingerprint density at radius 2 is 0.723 bits per heavy atom. The smallest absolute Gasteiger partial charge is 0.305 e. The molecule has 0 aromatic heterocycles. The van der Waals surface area contributed by atoms with Crippen molar-refractivity contribution in [2.45, 2.75) is 341 Å². The van der Waals surface area contributed by atoms with Crippen LogP contribution in [0.2, 0.25) is 0 Å². The largest absolute Gasteiger partial charge is 0.466 e. The molecule has 386 valence electrons. The minimum Gasteiger partial charge on any atom is -0.466 e. The number of aliphatic hydroxyl groups excluding tert-OH is 2. The van der Waals surface area contributed by atoms with Gasteiger partial charge in [0.2, 0.25) is 5.91 Å². The molecule has 1 amide bonds. The lowest BCUT2D eigenvalue weighted by atomic mass is 10.0. The lowest BCUT2D eigenvalue weighted by molar-refractivity contribution is -0.143. The molecule has 0 aliphatic rings. The second kappa shape index (κ2) is 55.2. The molecule has 6 nitrogen and oxygen atoms in total. The summed E-state index contributed by atoms with van der Waals surface area (Å²) in [5.41, 5.74) is 0. The van der Waals surface area contributed by atoms with Crippen molar-refractivity contribution in [2.75, 3.05) is 13.2 Å². The van der Waals surface area contributed by atoms with Gasteiger partial charge in [-0.05, 0) is 51.4 Å². The predicted octanol–water partition coefficient (Wildman–Crippen LogP) is 18.1. The summed E-state index contributed by atoms with van der Waals surface area (Å²) in [7, 11) is 0. The zero-order chi connectivity index (χ0) is 47.2. The van der Waals surface area contributed by atoms with Gasteiger partial charge < -0.3 is 20.3 Å². The molecular weight excluding hydrogens is 803 g/mol. The molecule has 0 bridgehead atoms. The van der Waals surface area contributed by atoms with Gasteiger partial charge in [0.05, 0.1) is 25.4 Å². The summed E-state index contributed by atoms with van der Waals surface area (Å²) >= 11 is 0. The summed E-state index contributed by atoms with van der Waals surface area (Å²) in [4.78, 5) is 24.5. The number of esters is 1. The summed E-state index contributed by atoms with van der Waals surface area (Å²) in [6, 6.07) is -0.550. The first-order valence-electron chi connectivity index (χ1n) is 29.4. The molecule has 0 spiro atoms. The highest BCUT2D eigenvalue weighted by Gasteiger charge is 2.20. The number of ether oxygens (including phenoxy) is 1. The van der Waals surface area contributed by atoms with Gasteiger partial charge in [-0.2, -0.15) is 0 Å². The number of hydrogen-bond acceptors (Lipinski definition) is 5. The summed E-state index contributed by atoms with van der Waals surface area (Å²) in [6.45, 7) is 4.95. The predicted molar refractivity (Wildman–Crippen MR) is 283 cm³/mol. The summed E-state index contributed by atoms with van der Waals surface area (Å²) in [6.07, 6.45) is 64.9. The Morgan fingerprint density at radius 3 is 1.09 bits per heavy atom. The molecule has 0 aliphatic heterocycles. The molecule has 3 N–H and O–H groups in total. The number of aliphatic hydroxyl groups is 2. The van der Waals surface area contributed by atoms with Gasteiger partial charge >= 0.3 is 5.97 Å². The first-order valence-corrected chi connectivity index (χ1v) is 29.4. The molecule has 65 heavy (non-hydrogen) atoms. The first-order chi connectivity index (χ1) is 32.0. The van der Waals surface area contributed by atoms with Gasteiger partial charge in [-0.3, -0.25) is 9.59 Å². The Hall–Kier alpha value is -1.40. The molecule has 0 heterocycles. The molecule has 0 aromatic carbocycles. The van der Waals surface area contributed by atoms with Crippen LogP contribution in [-0.2, 0) is 14.3 Å². The monoisotopic (exact) mass is 918 g/mol. The normalized spacial score (nSPS) is 12.6. The van der Waals surface area contributed by atoms with E-state index in [1.807, 2.05) is 0 Å². The lowest BCUT2D eigenvalue weighted by Gasteiger charge is -2.22. The number of carbonyl (C=O) groups is 2. The van der Waals surface area contributed by atoms with Gasteiger partial charge in [0.25, 0.3) is 0 Å². The second-order valence-electron chi connectivity index (χ2n) is 20.3. The number of rotatable bonds is 55. The SMILES string of the molecule is CCCCCCCCCCCCCCCCCCCCC(=O)OCCCCCCCCCCC/C=C\CCCCCCCC(=O)NC(CO)C(O)CCCCCCCCCCCCCC. The molecular formula is C59H115NO5. The van der Waals surface area contributed by atoms with E-state index in [9.17, 15) is 19.8 Å². The Balaban J connectivity index is 3.40. The van der Waals surface area contributed by atoms with E-state index in [-0.39, 0.29) is 18.5 Å². The number of amides is 1. The number of nitrogens with one attached hydrogen (secondary N) is 1. The third-order valence-corrected chi connectivity index (χ3v) is 13.8. The molecule has 2 atom stereocenters. The van der Waals surface area contributed by atoms with E-state index in [4.69, 9.17) is 4.74 Å². The topological polar surface area (TPSA) is 95.9 Å². The highest BCUT2D eigenvalue weighted by Crippen LogP contribution is 2.17. The molecule has 0 saturated carbocycles. The van der Waals surface area contributed by atoms with Crippen molar-refractivity contribution in [1.82, 2.24) is 5.32 Å². The van der Waals surface area contributed by atoms with Crippen molar-refractivity contribution in [3.63, 3.8) is 0 Å². The van der Waals surface area contributed by atoms with Gasteiger partial charge in [-0.25, -0.2) is 0 Å². The van der Waals surface area contributed by atoms with Crippen molar-refractivity contribution in [2.24, 2.45) is 0 Å². The molecule has 0 saturated heterocycles. The van der Waals surface area contributed by atoms with E-state index in [0.717, 1.165) is 51.4 Å². The maximum atomic E-state index is 12.4. The highest BCUT2D eigenvalue weighted by molar-refractivity contribution is 5.76. The Labute approximate surface area is 406 Å². The minimum absolute atomic E-state index is 0.00779. The van der Waals surface area contributed by atoms with Crippen molar-refractivity contribution >= 4 is 11.9 Å². The zero-order valence-electron chi connectivity index (χ0n) is 44.0. The number of unbranched alkanes of at least 4 members (excludes halogenated alkanes) is 42. The van der Waals surface area contributed by atoms with Crippen LogP contribution in [0.4, 0.5) is 0 Å². The van der Waals surface area contributed by atoms with Crippen molar-refractivity contribution in [1.29, 1.82) is 0 Å². The Kier molecular flexibility index (Phi) is 54.0. The van der Waals surface area contributed by atoms with E-state index < -0.39 is 12.1 Å². The van der Waals surface area contributed by atoms with Crippen LogP contribution in [0.15, 0.2) is 12.2 Å². The second-order valence-corrected chi connectivity index (χ2v) is 20.3. The molecule has 0 aliphatic carbocycles. The fourth-order valence-corrected chi connectivity index (χ4v) is 9.28. The van der Waals surface area contributed by atoms with Crippen LogP contribution >= 0.6 is 0 Å². The minimum atomic E-state index is -0.671. The Morgan fingerprint density at radius 1 is 0.415 bits per heavy atom. The first kappa shape index (κ1) is 63.6. The van der Waals surface area contributed by atoms with E-state index in [1.165, 1.54) is 244 Å². The Bertz CT molecular complexity index is 970. The van der Waals surface area contributed by atoms with Gasteiger partial charge in [-0.1, -0.05) is 276 Å². The van der Waals surface area contributed by atoms with E-state index in [2.05, 4.69) is 31.3 Å². The van der Waals surface area contributed by atoms with Crippen molar-refractivity contribution < 1.29 is 24.5 Å². The molecule has 0 rings (SSSR count). The van der Waals surface area contributed by atoms with Crippen LogP contribution in [0, 0.1) is 0 Å². The molecule has 0 fully saturated rings. The maximum absolute atomic E-state index is 12.4. The fourth-order valence-electron chi connectivity index (χ4n) is 9.28. The summed E-state index contributed by atoms with van der Waals surface area (Å²) in [5.74, 6) is -0.0407.